The number of rotatable bonds is 2. The lowest BCUT2D eigenvalue weighted by molar-refractivity contribution is 0.0330. The summed E-state index contributed by atoms with van der Waals surface area (Å²) in [6.07, 6.45) is 0. The molecule has 2 aliphatic heterocycles. The maximum atomic E-state index is 13.4. The molecule has 0 fully saturated rings. The van der Waals surface area contributed by atoms with Crippen molar-refractivity contribution in [3.05, 3.63) is 62.9 Å². The summed E-state index contributed by atoms with van der Waals surface area (Å²) in [6, 6.07) is 8.59. The number of benzene rings is 1. The van der Waals surface area contributed by atoms with Gasteiger partial charge in [0.2, 0.25) is 0 Å². The van der Waals surface area contributed by atoms with E-state index in [1.165, 1.54) is 0 Å². The Labute approximate surface area is 183 Å². The Morgan fingerprint density at radius 2 is 2.03 bits per heavy atom. The van der Waals surface area contributed by atoms with E-state index < -0.39 is 0 Å². The third-order valence-corrected chi connectivity index (χ3v) is 6.15. The number of nitrogen functional groups attached to an aromatic ring is 1. The van der Waals surface area contributed by atoms with Gasteiger partial charge < -0.3 is 20.1 Å². The molecular formula is C22H18ClN5O3. The number of nitrogens with two attached hydrogens (primary N) is 1. The third kappa shape index (κ3) is 3.18. The second kappa shape index (κ2) is 7.46. The summed E-state index contributed by atoms with van der Waals surface area (Å²) in [5, 5.41) is 10.2. The third-order valence-electron chi connectivity index (χ3n) is 5.83. The van der Waals surface area contributed by atoms with Gasteiger partial charge in [0.1, 0.15) is 17.6 Å². The fourth-order valence-corrected chi connectivity index (χ4v) is 4.40. The van der Waals surface area contributed by atoms with Crippen molar-refractivity contribution in [1.82, 2.24) is 14.9 Å². The molecule has 2 aliphatic rings. The monoisotopic (exact) mass is 435 g/mol. The molecule has 0 saturated heterocycles. The van der Waals surface area contributed by atoms with Crippen LogP contribution in [0.15, 0.2) is 24.3 Å². The first-order valence-corrected chi connectivity index (χ1v) is 10.1. The van der Waals surface area contributed by atoms with E-state index in [0.29, 0.717) is 59.7 Å². The zero-order valence-corrected chi connectivity index (χ0v) is 17.4. The molecule has 0 bridgehead atoms. The molecule has 9 heteroatoms. The number of aromatic nitrogens is 2. The zero-order chi connectivity index (χ0) is 21.7. The molecule has 0 unspecified atom stereocenters. The Hall–Kier alpha value is -3.25. The van der Waals surface area contributed by atoms with Gasteiger partial charge in [-0.3, -0.25) is 4.79 Å². The number of halogens is 1. The molecular weight excluding hydrogens is 418 g/mol. The van der Waals surface area contributed by atoms with Crippen molar-refractivity contribution < 1.29 is 14.3 Å². The predicted octanol–water partition coefficient (Wildman–Crippen LogP) is 3.11. The van der Waals surface area contributed by atoms with Crippen molar-refractivity contribution in [3.8, 4) is 6.07 Å². The van der Waals surface area contributed by atoms with Crippen LogP contribution in [-0.4, -0.2) is 34.4 Å². The number of nitrogens with zero attached hydrogens (tertiary/aromatic N) is 4. The van der Waals surface area contributed by atoms with Crippen molar-refractivity contribution in [2.75, 3.05) is 19.4 Å². The molecule has 1 atom stereocenters. The second-order valence-electron chi connectivity index (χ2n) is 7.59. The van der Waals surface area contributed by atoms with Crippen molar-refractivity contribution >= 4 is 34.2 Å². The fraction of sp³-hybridized carbons (Fsp3) is 0.273. The van der Waals surface area contributed by atoms with Gasteiger partial charge in [0.05, 0.1) is 54.3 Å². The Kier molecular flexibility index (Phi) is 4.74. The van der Waals surface area contributed by atoms with E-state index in [9.17, 15) is 4.79 Å². The first-order chi connectivity index (χ1) is 15.0. The molecule has 0 radical (unpaired) electrons. The number of anilines is 1. The van der Waals surface area contributed by atoms with Gasteiger partial charge in [-0.15, -0.1) is 0 Å². The number of fused-ring (bicyclic) bond motifs is 4. The molecule has 2 aromatic heterocycles. The van der Waals surface area contributed by atoms with E-state index in [0.717, 1.165) is 22.1 Å². The van der Waals surface area contributed by atoms with Crippen LogP contribution in [0.25, 0.3) is 10.9 Å². The van der Waals surface area contributed by atoms with Gasteiger partial charge in [-0.25, -0.2) is 9.97 Å². The molecule has 156 valence electrons. The molecule has 4 heterocycles. The summed E-state index contributed by atoms with van der Waals surface area (Å²) in [7, 11) is 1.71. The highest BCUT2D eigenvalue weighted by molar-refractivity contribution is 6.34. The van der Waals surface area contributed by atoms with Gasteiger partial charge in [-0.1, -0.05) is 17.7 Å². The lowest BCUT2D eigenvalue weighted by Gasteiger charge is -2.33. The number of nitriles is 1. The number of carbonyl (C=O) groups is 1. The number of hydrogen-bond acceptors (Lipinski definition) is 7. The number of hydrogen-bond donors (Lipinski definition) is 1. The highest BCUT2D eigenvalue weighted by Crippen LogP contribution is 2.35. The van der Waals surface area contributed by atoms with Crippen molar-refractivity contribution in [2.24, 2.45) is 0 Å². The Morgan fingerprint density at radius 1 is 1.23 bits per heavy atom. The minimum absolute atomic E-state index is 0.248. The van der Waals surface area contributed by atoms with E-state index in [1.807, 2.05) is 12.1 Å². The smallest absolute Gasteiger partial charge is 0.255 e. The first kappa shape index (κ1) is 19.7. The number of carbonyl (C=O) groups excluding carboxylic acids is 1. The highest BCUT2D eigenvalue weighted by atomic mass is 35.5. The van der Waals surface area contributed by atoms with Crippen LogP contribution in [0.1, 0.15) is 44.5 Å². The maximum absolute atomic E-state index is 13.4. The summed E-state index contributed by atoms with van der Waals surface area (Å²) in [4.78, 5) is 23.8. The molecule has 5 rings (SSSR count). The second-order valence-corrected chi connectivity index (χ2v) is 7.99. The minimum Gasteiger partial charge on any atom is -0.383 e. The normalized spacial score (nSPS) is 17.1. The van der Waals surface area contributed by atoms with Gasteiger partial charge in [-0.2, -0.15) is 5.26 Å². The van der Waals surface area contributed by atoms with E-state index in [-0.39, 0.29) is 11.9 Å². The average molecular weight is 436 g/mol. The topological polar surface area (TPSA) is 114 Å². The lowest BCUT2D eigenvalue weighted by Crippen LogP contribution is -2.36. The molecule has 31 heavy (non-hydrogen) atoms. The van der Waals surface area contributed by atoms with Gasteiger partial charge in [0, 0.05) is 23.6 Å². The summed E-state index contributed by atoms with van der Waals surface area (Å²) in [6.45, 7) is 1.46. The van der Waals surface area contributed by atoms with Crippen LogP contribution in [0, 0.1) is 11.3 Å². The number of likely N-dealkylation sites (N-methyl/N-ethyl adjacent to an activating group) is 1. The van der Waals surface area contributed by atoms with Gasteiger partial charge in [-0.05, 0) is 23.8 Å². The number of pyridine rings is 2. The van der Waals surface area contributed by atoms with Crippen LogP contribution in [0.5, 0.6) is 0 Å². The van der Waals surface area contributed by atoms with E-state index in [4.69, 9.17) is 32.1 Å². The molecule has 2 N–H and O–H groups in total. The molecule has 1 aromatic carbocycles. The molecule has 0 saturated carbocycles. The summed E-state index contributed by atoms with van der Waals surface area (Å²) >= 11 is 6.48. The molecule has 3 aromatic rings. The quantitative estimate of drug-likeness (QED) is 0.657. The standard InChI is InChI=1S/C22H18ClN5O3/c1-28(20-10-31-9-19-12(20)3-2-11(6-24)26-19)22(29)14-4-13-15-7-30-8-16(15)21(25)27-18(13)5-17(14)23/h2-5,20H,7-10H2,1H3,(H2,25,27)/t20-/m1/s1. The lowest BCUT2D eigenvalue weighted by atomic mass is 9.99. The van der Waals surface area contributed by atoms with E-state index in [1.54, 1.807) is 30.1 Å². The first-order valence-electron chi connectivity index (χ1n) is 9.71. The fourth-order valence-electron chi connectivity index (χ4n) is 4.16. The summed E-state index contributed by atoms with van der Waals surface area (Å²) in [5.41, 5.74) is 10.7. The Bertz CT molecular complexity index is 1290. The van der Waals surface area contributed by atoms with Crippen molar-refractivity contribution in [1.29, 1.82) is 5.26 Å². The van der Waals surface area contributed by atoms with Gasteiger partial charge in [0.25, 0.3) is 5.91 Å². The van der Waals surface area contributed by atoms with Crippen molar-refractivity contribution in [2.45, 2.75) is 25.9 Å². The minimum atomic E-state index is -0.346. The largest absolute Gasteiger partial charge is 0.383 e. The summed E-state index contributed by atoms with van der Waals surface area (Å²) in [5.74, 6) is 0.176. The van der Waals surface area contributed by atoms with E-state index >= 15 is 0 Å². The van der Waals surface area contributed by atoms with Crippen LogP contribution in [-0.2, 0) is 29.3 Å². The molecule has 8 nitrogen and oxygen atoms in total. The van der Waals surface area contributed by atoms with Gasteiger partial charge >= 0.3 is 0 Å². The van der Waals surface area contributed by atoms with Crippen LogP contribution >= 0.6 is 11.6 Å². The summed E-state index contributed by atoms with van der Waals surface area (Å²) < 4.78 is 11.2. The maximum Gasteiger partial charge on any atom is 0.255 e. The average Bonchev–Trinajstić information content (AvgIpc) is 3.28. The predicted molar refractivity (Wildman–Crippen MR) is 113 cm³/mol. The zero-order valence-electron chi connectivity index (χ0n) is 16.7. The molecule has 0 spiro atoms. The van der Waals surface area contributed by atoms with Crippen LogP contribution < -0.4 is 5.73 Å². The van der Waals surface area contributed by atoms with Crippen LogP contribution in [0.2, 0.25) is 5.02 Å². The number of amides is 1. The molecule has 0 aliphatic carbocycles. The molecule has 1 amide bonds. The SMILES string of the molecule is CN(C(=O)c1cc2c3c(c(N)nc2cc1Cl)COC3)[C@@H]1COCc2nc(C#N)ccc21. The Morgan fingerprint density at radius 3 is 2.84 bits per heavy atom. The van der Waals surface area contributed by atoms with Crippen molar-refractivity contribution in [3.63, 3.8) is 0 Å². The van der Waals surface area contributed by atoms with Crippen LogP contribution in [0.3, 0.4) is 0 Å². The van der Waals surface area contributed by atoms with E-state index in [2.05, 4.69) is 9.97 Å². The van der Waals surface area contributed by atoms with Crippen LogP contribution in [0.4, 0.5) is 5.82 Å². The highest BCUT2D eigenvalue weighted by Gasteiger charge is 2.30. The Balaban J connectivity index is 1.55. The van der Waals surface area contributed by atoms with Gasteiger partial charge in [0.15, 0.2) is 0 Å². The number of ether oxygens (including phenoxy) is 2.